The van der Waals surface area contributed by atoms with Crippen molar-refractivity contribution in [3.05, 3.63) is 11.4 Å². The zero-order valence-electron chi connectivity index (χ0n) is 9.11. The van der Waals surface area contributed by atoms with E-state index < -0.39 is 0 Å². The summed E-state index contributed by atoms with van der Waals surface area (Å²) >= 11 is 0. The Morgan fingerprint density at radius 1 is 1.60 bits per heavy atom. The van der Waals surface area contributed by atoms with Crippen LogP contribution in [-0.4, -0.2) is 33.2 Å². The van der Waals surface area contributed by atoms with E-state index in [0.717, 1.165) is 25.3 Å². The first-order valence-electron chi connectivity index (χ1n) is 5.52. The lowest BCUT2D eigenvalue weighted by Gasteiger charge is -2.22. The fraction of sp³-hybridized carbons (Fsp3) is 0.800. The van der Waals surface area contributed by atoms with E-state index in [1.54, 1.807) is 0 Å². The van der Waals surface area contributed by atoms with Gasteiger partial charge in [0.25, 0.3) is 0 Å². The lowest BCUT2D eigenvalue weighted by Crippen LogP contribution is -2.32. The average Bonchev–Trinajstić information content (AvgIpc) is 2.62. The molecule has 1 atom stereocenters. The lowest BCUT2D eigenvalue weighted by atomic mass is 10.00. The van der Waals surface area contributed by atoms with E-state index in [0.29, 0.717) is 11.6 Å². The summed E-state index contributed by atoms with van der Waals surface area (Å²) in [5.74, 6) is 0.644. The molecule has 0 amide bonds. The van der Waals surface area contributed by atoms with Gasteiger partial charge in [0.05, 0.1) is 12.3 Å². The minimum atomic E-state index is -0.0191. The monoisotopic (exact) mass is 210 g/mol. The number of rotatable bonds is 3. The van der Waals surface area contributed by atoms with Gasteiger partial charge in [0.2, 0.25) is 0 Å². The van der Waals surface area contributed by atoms with E-state index in [1.165, 1.54) is 12.8 Å². The van der Waals surface area contributed by atoms with Crippen molar-refractivity contribution < 1.29 is 5.11 Å². The maximum Gasteiger partial charge on any atom is 0.111 e. The quantitative estimate of drug-likeness (QED) is 0.741. The molecule has 0 saturated carbocycles. The topological polar surface area (TPSA) is 63.0 Å². The van der Waals surface area contributed by atoms with E-state index in [2.05, 4.69) is 15.6 Å². The first-order valence-corrected chi connectivity index (χ1v) is 5.52. The molecule has 1 fully saturated rings. The molecule has 0 bridgehead atoms. The first kappa shape index (κ1) is 10.6. The summed E-state index contributed by atoms with van der Waals surface area (Å²) in [5, 5.41) is 20.4. The summed E-state index contributed by atoms with van der Waals surface area (Å²) in [5.41, 5.74) is 1.68. The van der Waals surface area contributed by atoms with Gasteiger partial charge in [-0.2, -0.15) is 0 Å². The van der Waals surface area contributed by atoms with Crippen LogP contribution in [0.1, 0.15) is 24.2 Å². The Balaban J connectivity index is 2.00. The summed E-state index contributed by atoms with van der Waals surface area (Å²) in [6.45, 7) is 5.05. The molecule has 1 aliphatic rings. The molecule has 0 aliphatic carbocycles. The number of aliphatic hydroxyl groups is 1. The average molecular weight is 210 g/mol. The van der Waals surface area contributed by atoms with Gasteiger partial charge in [0.1, 0.15) is 5.69 Å². The molecular formula is C10H18N4O. The Kier molecular flexibility index (Phi) is 3.33. The van der Waals surface area contributed by atoms with Crippen LogP contribution in [-0.2, 0) is 13.2 Å². The summed E-state index contributed by atoms with van der Waals surface area (Å²) in [6.07, 6.45) is 2.49. The van der Waals surface area contributed by atoms with Crippen molar-refractivity contribution in [1.29, 1.82) is 0 Å². The standard InChI is InChI=1S/C10H18N4O/c1-8-10(7-15)12-13-14(8)6-9-3-2-4-11-5-9/h9,11,15H,2-7H2,1H3. The van der Waals surface area contributed by atoms with Crippen molar-refractivity contribution in [1.82, 2.24) is 20.3 Å². The Morgan fingerprint density at radius 3 is 3.07 bits per heavy atom. The van der Waals surface area contributed by atoms with Gasteiger partial charge in [-0.25, -0.2) is 4.68 Å². The smallest absolute Gasteiger partial charge is 0.111 e. The zero-order valence-corrected chi connectivity index (χ0v) is 9.11. The van der Waals surface area contributed by atoms with Crippen LogP contribution in [0.15, 0.2) is 0 Å². The van der Waals surface area contributed by atoms with Crippen molar-refractivity contribution in [2.24, 2.45) is 5.92 Å². The van der Waals surface area contributed by atoms with E-state index >= 15 is 0 Å². The summed E-state index contributed by atoms with van der Waals surface area (Å²) in [7, 11) is 0. The number of hydrogen-bond donors (Lipinski definition) is 2. The third-order valence-electron chi connectivity index (χ3n) is 3.06. The molecular weight excluding hydrogens is 192 g/mol. The molecule has 15 heavy (non-hydrogen) atoms. The van der Waals surface area contributed by atoms with Crippen LogP contribution < -0.4 is 5.32 Å². The van der Waals surface area contributed by atoms with Crippen LogP contribution in [0, 0.1) is 12.8 Å². The Morgan fingerprint density at radius 2 is 2.47 bits per heavy atom. The van der Waals surface area contributed by atoms with E-state index in [1.807, 2.05) is 11.6 Å². The van der Waals surface area contributed by atoms with Gasteiger partial charge in [-0.05, 0) is 38.8 Å². The molecule has 1 aromatic rings. The van der Waals surface area contributed by atoms with Crippen molar-refractivity contribution >= 4 is 0 Å². The number of aliphatic hydroxyl groups excluding tert-OH is 1. The highest BCUT2D eigenvalue weighted by Crippen LogP contribution is 2.13. The minimum Gasteiger partial charge on any atom is -0.390 e. The molecule has 0 radical (unpaired) electrons. The number of aromatic nitrogens is 3. The summed E-state index contributed by atoms with van der Waals surface area (Å²) in [4.78, 5) is 0. The molecule has 0 spiro atoms. The molecule has 84 valence electrons. The number of nitrogens with one attached hydrogen (secondary N) is 1. The lowest BCUT2D eigenvalue weighted by molar-refractivity contribution is 0.275. The highest BCUT2D eigenvalue weighted by molar-refractivity contribution is 5.06. The summed E-state index contributed by atoms with van der Waals surface area (Å²) < 4.78 is 1.91. The van der Waals surface area contributed by atoms with Crippen LogP contribution in [0.3, 0.4) is 0 Å². The molecule has 1 aliphatic heterocycles. The van der Waals surface area contributed by atoms with Gasteiger partial charge in [0, 0.05) is 6.54 Å². The molecule has 2 rings (SSSR count). The molecule has 0 aromatic carbocycles. The van der Waals surface area contributed by atoms with E-state index in [9.17, 15) is 0 Å². The fourth-order valence-electron chi connectivity index (χ4n) is 2.04. The van der Waals surface area contributed by atoms with E-state index in [4.69, 9.17) is 5.11 Å². The van der Waals surface area contributed by atoms with E-state index in [-0.39, 0.29) is 6.61 Å². The van der Waals surface area contributed by atoms with Crippen LogP contribution in [0.4, 0.5) is 0 Å². The molecule has 5 nitrogen and oxygen atoms in total. The molecule has 1 aromatic heterocycles. The number of piperidine rings is 1. The third-order valence-corrected chi connectivity index (χ3v) is 3.06. The van der Waals surface area contributed by atoms with Gasteiger partial charge in [-0.15, -0.1) is 5.10 Å². The predicted molar refractivity (Wildman–Crippen MR) is 56.3 cm³/mol. The maximum atomic E-state index is 9.01. The Bertz CT molecular complexity index is 317. The van der Waals surface area contributed by atoms with Crippen LogP contribution >= 0.6 is 0 Å². The maximum absolute atomic E-state index is 9.01. The van der Waals surface area contributed by atoms with Gasteiger partial charge in [-0.1, -0.05) is 5.21 Å². The molecule has 1 unspecified atom stereocenters. The second-order valence-corrected chi connectivity index (χ2v) is 4.17. The molecule has 1 saturated heterocycles. The van der Waals surface area contributed by atoms with Gasteiger partial charge in [0.15, 0.2) is 0 Å². The highest BCUT2D eigenvalue weighted by atomic mass is 16.3. The second-order valence-electron chi connectivity index (χ2n) is 4.17. The van der Waals surface area contributed by atoms with Crippen molar-refractivity contribution in [2.45, 2.75) is 32.9 Å². The van der Waals surface area contributed by atoms with Gasteiger partial charge >= 0.3 is 0 Å². The summed E-state index contributed by atoms with van der Waals surface area (Å²) in [6, 6.07) is 0. The Hall–Kier alpha value is -0.940. The normalized spacial score (nSPS) is 21.9. The number of hydrogen-bond acceptors (Lipinski definition) is 4. The molecule has 2 heterocycles. The zero-order chi connectivity index (χ0) is 10.7. The third kappa shape index (κ3) is 2.35. The number of nitrogens with zero attached hydrogens (tertiary/aromatic N) is 3. The van der Waals surface area contributed by atoms with Crippen LogP contribution in [0.2, 0.25) is 0 Å². The van der Waals surface area contributed by atoms with Crippen LogP contribution in [0.25, 0.3) is 0 Å². The first-order chi connectivity index (χ1) is 7.31. The minimum absolute atomic E-state index is 0.0191. The van der Waals surface area contributed by atoms with Gasteiger partial charge in [-0.3, -0.25) is 0 Å². The van der Waals surface area contributed by atoms with Crippen molar-refractivity contribution in [2.75, 3.05) is 13.1 Å². The molecule has 5 heteroatoms. The van der Waals surface area contributed by atoms with Crippen molar-refractivity contribution in [3.63, 3.8) is 0 Å². The largest absolute Gasteiger partial charge is 0.390 e. The predicted octanol–water partition coefficient (Wildman–Crippen LogP) is 0.0784. The second kappa shape index (κ2) is 4.72. The fourth-order valence-corrected chi connectivity index (χ4v) is 2.04. The van der Waals surface area contributed by atoms with Crippen molar-refractivity contribution in [3.8, 4) is 0 Å². The molecule has 2 N–H and O–H groups in total. The Labute approximate surface area is 89.5 Å². The SMILES string of the molecule is Cc1c(CO)nnn1CC1CCCNC1. The van der Waals surface area contributed by atoms with Gasteiger partial charge < -0.3 is 10.4 Å². The van der Waals surface area contributed by atoms with Crippen LogP contribution in [0.5, 0.6) is 0 Å². The highest BCUT2D eigenvalue weighted by Gasteiger charge is 2.16.